The van der Waals surface area contributed by atoms with Crippen molar-refractivity contribution in [3.8, 4) is 5.75 Å². The van der Waals surface area contributed by atoms with Crippen LogP contribution in [0.25, 0.3) is 0 Å². The van der Waals surface area contributed by atoms with Crippen molar-refractivity contribution < 1.29 is 23.1 Å². The first kappa shape index (κ1) is 29.5. The van der Waals surface area contributed by atoms with Crippen LogP contribution in [-0.4, -0.2) is 32.1 Å². The van der Waals surface area contributed by atoms with Crippen LogP contribution in [0.2, 0.25) is 5.02 Å². The number of carbonyl (C=O) groups is 1. The van der Waals surface area contributed by atoms with E-state index in [1.807, 2.05) is 13.0 Å². The van der Waals surface area contributed by atoms with Gasteiger partial charge in [0.1, 0.15) is 10.6 Å². The van der Waals surface area contributed by atoms with Crippen molar-refractivity contribution in [1.29, 1.82) is 0 Å². The molecule has 6 nitrogen and oxygen atoms in total. The van der Waals surface area contributed by atoms with Gasteiger partial charge < -0.3 is 15.2 Å². The number of ether oxygens (including phenoxy) is 1. The summed E-state index contributed by atoms with van der Waals surface area (Å²) in [6.07, 6.45) is 0.925. The molecule has 0 bridgehead atoms. The third kappa shape index (κ3) is 7.66. The van der Waals surface area contributed by atoms with Gasteiger partial charge >= 0.3 is 5.97 Å². The number of halogens is 2. The summed E-state index contributed by atoms with van der Waals surface area (Å²) in [5.41, 5.74) is 2.43. The van der Waals surface area contributed by atoms with E-state index in [0.717, 1.165) is 22.8 Å². The molecule has 0 aliphatic heterocycles. The molecular weight excluding hydrogens is 521 g/mol. The van der Waals surface area contributed by atoms with E-state index in [1.54, 1.807) is 43.3 Å². The van der Waals surface area contributed by atoms with Gasteiger partial charge in [0, 0.05) is 23.7 Å². The van der Waals surface area contributed by atoms with Crippen LogP contribution >= 0.6 is 24.0 Å². The molecule has 3 aromatic carbocycles. The molecule has 9 heteroatoms. The largest absolute Gasteiger partial charge is 0.422 e. The van der Waals surface area contributed by atoms with E-state index < -0.39 is 21.9 Å². The van der Waals surface area contributed by atoms with E-state index in [-0.39, 0.29) is 34.0 Å². The topological polar surface area (TPSA) is 92.7 Å². The molecule has 0 unspecified atom stereocenters. The Morgan fingerprint density at radius 1 is 1.14 bits per heavy atom. The number of sulfone groups is 1. The maximum absolute atomic E-state index is 13.2. The molecule has 36 heavy (non-hydrogen) atoms. The van der Waals surface area contributed by atoms with Crippen molar-refractivity contribution in [3.05, 3.63) is 101 Å². The number of hydrogen-bond acceptors (Lipinski definition) is 6. The van der Waals surface area contributed by atoms with Gasteiger partial charge in [-0.2, -0.15) is 0 Å². The quantitative estimate of drug-likeness (QED) is 0.204. The molecule has 0 saturated carbocycles. The zero-order valence-electron chi connectivity index (χ0n) is 20.0. The number of esters is 1. The van der Waals surface area contributed by atoms with E-state index in [4.69, 9.17) is 16.3 Å². The van der Waals surface area contributed by atoms with E-state index in [0.29, 0.717) is 18.0 Å². The minimum atomic E-state index is -3.91. The van der Waals surface area contributed by atoms with Crippen molar-refractivity contribution in [3.63, 3.8) is 0 Å². The zero-order chi connectivity index (χ0) is 25.6. The lowest BCUT2D eigenvalue weighted by Crippen LogP contribution is -2.32. The third-order valence-electron chi connectivity index (χ3n) is 5.43. The Hall–Kier alpha value is -2.68. The fourth-order valence-corrected chi connectivity index (χ4v) is 5.13. The van der Waals surface area contributed by atoms with Gasteiger partial charge in [0.05, 0.1) is 11.0 Å². The number of carbonyl (C=O) groups excluding carboxylic acids is 1. The van der Waals surface area contributed by atoms with Crippen LogP contribution in [0.1, 0.15) is 29.7 Å². The molecule has 0 aliphatic rings. The minimum Gasteiger partial charge on any atom is -0.422 e. The van der Waals surface area contributed by atoms with Crippen molar-refractivity contribution >= 4 is 39.8 Å². The number of nitrogens with one attached hydrogen (secondary N) is 1. The maximum Gasteiger partial charge on any atom is 0.335 e. The van der Waals surface area contributed by atoms with E-state index in [1.165, 1.54) is 24.3 Å². The molecule has 0 aliphatic carbocycles. The Labute approximate surface area is 223 Å². The fraction of sp³-hybridized carbons (Fsp3) is 0.222. The van der Waals surface area contributed by atoms with Crippen molar-refractivity contribution in [2.24, 2.45) is 0 Å². The second-order valence-corrected chi connectivity index (χ2v) is 10.7. The van der Waals surface area contributed by atoms with Gasteiger partial charge in [0.25, 0.3) is 0 Å². The molecule has 2 N–H and O–H groups in total. The first-order valence-corrected chi connectivity index (χ1v) is 12.9. The van der Waals surface area contributed by atoms with Gasteiger partial charge in [0.15, 0.2) is 0 Å². The molecule has 3 rings (SSSR count). The number of aryl methyl sites for hydroxylation is 1. The summed E-state index contributed by atoms with van der Waals surface area (Å²) >= 11 is 5.99. The molecular formula is C27H29Cl2NO5S. The summed E-state index contributed by atoms with van der Waals surface area (Å²) in [6, 6.07) is 18.3. The van der Waals surface area contributed by atoms with Crippen LogP contribution < -0.4 is 10.1 Å². The number of aliphatic hydroxyl groups excluding tert-OH is 1. The van der Waals surface area contributed by atoms with Crippen molar-refractivity contribution in [2.45, 2.75) is 42.2 Å². The predicted octanol–water partition coefficient (Wildman–Crippen LogP) is 5.25. The van der Waals surface area contributed by atoms with Gasteiger partial charge in [-0.25, -0.2) is 13.2 Å². The molecule has 0 saturated heterocycles. The SMILES string of the molecule is C=CC(=O)Oc1cc(C)ccc1S(=O)(=O)c1ccc(C[C@@H](C)NC[C@@H](O)c2cccc(Cl)c2)cc1.Cl. The molecule has 0 heterocycles. The number of hydrogen-bond donors (Lipinski definition) is 2. The Balaban J connectivity index is 0.00000456. The molecule has 0 aromatic heterocycles. The molecule has 0 spiro atoms. The fourth-order valence-electron chi connectivity index (χ4n) is 3.57. The highest BCUT2D eigenvalue weighted by Crippen LogP contribution is 2.31. The Morgan fingerprint density at radius 2 is 1.83 bits per heavy atom. The van der Waals surface area contributed by atoms with Crippen molar-refractivity contribution in [1.82, 2.24) is 5.32 Å². The van der Waals surface area contributed by atoms with Gasteiger partial charge in [0.2, 0.25) is 9.84 Å². The van der Waals surface area contributed by atoms with Crippen LogP contribution in [0.15, 0.2) is 89.2 Å². The smallest absolute Gasteiger partial charge is 0.335 e. The van der Waals surface area contributed by atoms with Crippen LogP contribution in [0.3, 0.4) is 0 Å². The zero-order valence-corrected chi connectivity index (χ0v) is 22.4. The average molecular weight is 551 g/mol. The summed E-state index contributed by atoms with van der Waals surface area (Å²) in [5, 5.41) is 14.2. The Kier molecular flexibility index (Phi) is 10.7. The second-order valence-electron chi connectivity index (χ2n) is 8.31. The lowest BCUT2D eigenvalue weighted by Gasteiger charge is -2.18. The normalized spacial score (nSPS) is 12.8. The van der Waals surface area contributed by atoms with E-state index >= 15 is 0 Å². The molecule has 0 radical (unpaired) electrons. The number of aliphatic hydroxyl groups is 1. The average Bonchev–Trinajstić information content (AvgIpc) is 2.82. The molecule has 3 aromatic rings. The predicted molar refractivity (Wildman–Crippen MR) is 144 cm³/mol. The van der Waals surface area contributed by atoms with Crippen molar-refractivity contribution in [2.75, 3.05) is 6.54 Å². The minimum absolute atomic E-state index is 0. The van der Waals surface area contributed by atoms with Crippen LogP contribution in [0.4, 0.5) is 0 Å². The summed E-state index contributed by atoms with van der Waals surface area (Å²) in [5.74, 6) is -0.764. The van der Waals surface area contributed by atoms with Crippen LogP contribution in [0, 0.1) is 6.92 Å². The standard InChI is InChI=1S/C27H28ClNO5S.ClH/c1-4-27(31)34-25-14-18(2)8-13-26(25)35(32,33)23-11-9-20(10-12-23)15-19(3)29-17-24(30)21-6-5-7-22(28)16-21;/h4-14,16,19,24,29-30H,1,15,17H2,2-3H3;1H/t19-,24-;/m1./s1. The Morgan fingerprint density at radius 3 is 2.47 bits per heavy atom. The van der Waals surface area contributed by atoms with Gasteiger partial charge in [-0.15, -0.1) is 12.4 Å². The van der Waals surface area contributed by atoms with Crippen LogP contribution in [-0.2, 0) is 21.1 Å². The third-order valence-corrected chi connectivity index (χ3v) is 7.48. The first-order valence-electron chi connectivity index (χ1n) is 11.1. The van der Waals surface area contributed by atoms with Gasteiger partial charge in [-0.05, 0) is 73.4 Å². The van der Waals surface area contributed by atoms with E-state index in [2.05, 4.69) is 11.9 Å². The van der Waals surface area contributed by atoms with E-state index in [9.17, 15) is 18.3 Å². The van der Waals surface area contributed by atoms with Gasteiger partial charge in [-0.1, -0.05) is 48.5 Å². The monoisotopic (exact) mass is 549 g/mol. The highest BCUT2D eigenvalue weighted by molar-refractivity contribution is 7.91. The number of rotatable bonds is 10. The second kappa shape index (κ2) is 13.0. The molecule has 0 fully saturated rings. The first-order chi connectivity index (χ1) is 16.6. The number of benzene rings is 3. The van der Waals surface area contributed by atoms with Crippen LogP contribution in [0.5, 0.6) is 5.75 Å². The molecule has 2 atom stereocenters. The highest BCUT2D eigenvalue weighted by atomic mass is 35.5. The summed E-state index contributed by atoms with van der Waals surface area (Å²) in [7, 11) is -3.91. The Bertz CT molecular complexity index is 1310. The van der Waals surface area contributed by atoms with Gasteiger partial charge in [-0.3, -0.25) is 0 Å². The summed E-state index contributed by atoms with van der Waals surface area (Å²) in [6.45, 7) is 7.48. The summed E-state index contributed by atoms with van der Waals surface area (Å²) < 4.78 is 31.6. The lowest BCUT2D eigenvalue weighted by molar-refractivity contribution is -0.129. The molecule has 192 valence electrons. The highest BCUT2D eigenvalue weighted by Gasteiger charge is 2.23. The maximum atomic E-state index is 13.2. The molecule has 0 amide bonds. The summed E-state index contributed by atoms with van der Waals surface area (Å²) in [4.78, 5) is 11.7. The lowest BCUT2D eigenvalue weighted by atomic mass is 10.1.